The second kappa shape index (κ2) is 5.24. The molecule has 1 N–H and O–H groups in total. The Balaban J connectivity index is 1.88. The molecule has 0 aromatic heterocycles. The van der Waals surface area contributed by atoms with E-state index in [1.807, 2.05) is 6.07 Å². The number of imide groups is 2. The van der Waals surface area contributed by atoms with Gasteiger partial charge in [0, 0.05) is 27.4 Å². The zero-order valence-corrected chi connectivity index (χ0v) is 13.9. The number of nitrogens with zero attached hydrogens (tertiary/aromatic N) is 1. The van der Waals surface area contributed by atoms with Crippen LogP contribution >= 0.6 is 15.9 Å². The Morgan fingerprint density at radius 2 is 1.71 bits per heavy atom. The average molecular weight is 387 g/mol. The highest BCUT2D eigenvalue weighted by Gasteiger charge is 2.42. The molecule has 2 heterocycles. The van der Waals surface area contributed by atoms with Gasteiger partial charge in [0.25, 0.3) is 11.8 Å². The fourth-order valence-electron chi connectivity index (χ4n) is 3.29. The van der Waals surface area contributed by atoms with Gasteiger partial charge in [0.1, 0.15) is 6.04 Å². The number of rotatable bonds is 1. The van der Waals surface area contributed by atoms with E-state index < -0.39 is 23.8 Å². The summed E-state index contributed by atoms with van der Waals surface area (Å²) in [5.41, 5.74) is 0.765. The van der Waals surface area contributed by atoms with E-state index in [1.54, 1.807) is 24.3 Å². The van der Waals surface area contributed by atoms with Gasteiger partial charge in [-0.25, -0.2) is 0 Å². The first-order chi connectivity index (χ1) is 11.5. The maximum Gasteiger partial charge on any atom is 0.262 e. The molecule has 0 radical (unpaired) electrons. The Morgan fingerprint density at radius 1 is 1.00 bits per heavy atom. The maximum atomic E-state index is 12.9. The number of carbonyl (C=O) groups excluding carboxylic acids is 4. The molecule has 120 valence electrons. The van der Waals surface area contributed by atoms with Crippen molar-refractivity contribution >= 4 is 50.3 Å². The standard InChI is InChI=1S/C17H11BrN2O4/c18-11-5-4-10-14-8(11)2-1-3-9(14)16(23)20(17(10)24)12-6-7-13(21)19-15(12)22/h1-5,12H,6-7H2,(H,19,21,22). The lowest BCUT2D eigenvalue weighted by Crippen LogP contribution is -2.57. The molecule has 6 nitrogen and oxygen atoms in total. The summed E-state index contributed by atoms with van der Waals surface area (Å²) in [5, 5.41) is 3.56. The van der Waals surface area contributed by atoms with Crippen molar-refractivity contribution in [2.45, 2.75) is 18.9 Å². The second-order valence-electron chi connectivity index (χ2n) is 5.77. The molecular formula is C17H11BrN2O4. The number of benzene rings is 2. The van der Waals surface area contributed by atoms with Crippen molar-refractivity contribution in [2.75, 3.05) is 0 Å². The molecule has 0 saturated carbocycles. The van der Waals surface area contributed by atoms with Crippen LogP contribution in [0.5, 0.6) is 0 Å². The number of nitrogens with one attached hydrogen (secondary N) is 1. The molecule has 1 fully saturated rings. The maximum absolute atomic E-state index is 12.9. The zero-order chi connectivity index (χ0) is 17.0. The summed E-state index contributed by atoms with van der Waals surface area (Å²) in [5.74, 6) is -2.02. The molecule has 1 saturated heterocycles. The van der Waals surface area contributed by atoms with Gasteiger partial charge in [-0.3, -0.25) is 29.4 Å². The van der Waals surface area contributed by atoms with Crippen LogP contribution in [0.25, 0.3) is 10.8 Å². The molecule has 0 aliphatic carbocycles. The summed E-state index contributed by atoms with van der Waals surface area (Å²) in [6.45, 7) is 0. The van der Waals surface area contributed by atoms with E-state index in [-0.39, 0.29) is 18.7 Å². The van der Waals surface area contributed by atoms with Gasteiger partial charge in [-0.15, -0.1) is 0 Å². The van der Waals surface area contributed by atoms with Crippen LogP contribution in [0.2, 0.25) is 0 Å². The summed E-state index contributed by atoms with van der Waals surface area (Å²) in [4.78, 5) is 50.2. The minimum atomic E-state index is -0.963. The number of carbonyl (C=O) groups is 4. The SMILES string of the molecule is O=C1CCC(N2C(=O)c3cccc4c(Br)ccc(c34)C2=O)C(=O)N1. The molecule has 2 aliphatic heterocycles. The number of piperidine rings is 1. The van der Waals surface area contributed by atoms with Gasteiger partial charge in [-0.05, 0) is 30.0 Å². The van der Waals surface area contributed by atoms with Crippen LogP contribution in [0.4, 0.5) is 0 Å². The van der Waals surface area contributed by atoms with Crippen molar-refractivity contribution in [1.82, 2.24) is 10.2 Å². The highest BCUT2D eigenvalue weighted by atomic mass is 79.9. The van der Waals surface area contributed by atoms with E-state index in [2.05, 4.69) is 21.2 Å². The Kier molecular flexibility index (Phi) is 3.28. The fourth-order valence-corrected chi connectivity index (χ4v) is 3.75. The molecule has 2 aliphatic rings. The Bertz CT molecular complexity index is 931. The molecule has 0 spiro atoms. The van der Waals surface area contributed by atoms with Crippen molar-refractivity contribution in [3.63, 3.8) is 0 Å². The number of halogens is 1. The number of hydrogen-bond donors (Lipinski definition) is 1. The van der Waals surface area contributed by atoms with Gasteiger partial charge < -0.3 is 0 Å². The van der Waals surface area contributed by atoms with Crippen molar-refractivity contribution in [3.05, 3.63) is 45.9 Å². The first-order valence-corrected chi connectivity index (χ1v) is 8.21. The molecule has 4 amide bonds. The van der Waals surface area contributed by atoms with E-state index in [0.717, 1.165) is 14.8 Å². The van der Waals surface area contributed by atoms with Gasteiger partial charge in [0.2, 0.25) is 11.8 Å². The smallest absolute Gasteiger partial charge is 0.262 e. The summed E-state index contributed by atoms with van der Waals surface area (Å²) >= 11 is 3.43. The first-order valence-electron chi connectivity index (χ1n) is 7.42. The summed E-state index contributed by atoms with van der Waals surface area (Å²) < 4.78 is 0.790. The van der Waals surface area contributed by atoms with Crippen LogP contribution in [0.3, 0.4) is 0 Å². The molecular weight excluding hydrogens is 376 g/mol. The zero-order valence-electron chi connectivity index (χ0n) is 12.3. The summed E-state index contributed by atoms with van der Waals surface area (Å²) in [6, 6.07) is 7.64. The minimum absolute atomic E-state index is 0.102. The largest absolute Gasteiger partial charge is 0.295 e. The van der Waals surface area contributed by atoms with Gasteiger partial charge in [-0.2, -0.15) is 0 Å². The van der Waals surface area contributed by atoms with E-state index >= 15 is 0 Å². The van der Waals surface area contributed by atoms with Gasteiger partial charge in [0.15, 0.2) is 0 Å². The van der Waals surface area contributed by atoms with Gasteiger partial charge >= 0.3 is 0 Å². The van der Waals surface area contributed by atoms with E-state index in [0.29, 0.717) is 16.5 Å². The van der Waals surface area contributed by atoms with Crippen LogP contribution in [-0.2, 0) is 9.59 Å². The highest BCUT2D eigenvalue weighted by Crippen LogP contribution is 2.35. The lowest BCUT2D eigenvalue weighted by molar-refractivity contribution is -0.136. The summed E-state index contributed by atoms with van der Waals surface area (Å²) in [6.07, 6.45) is 0.245. The van der Waals surface area contributed by atoms with E-state index in [4.69, 9.17) is 0 Å². The molecule has 1 atom stereocenters. The average Bonchev–Trinajstić information content (AvgIpc) is 2.56. The van der Waals surface area contributed by atoms with Crippen LogP contribution in [0.1, 0.15) is 33.6 Å². The lowest BCUT2D eigenvalue weighted by atomic mass is 9.92. The quantitative estimate of drug-likeness (QED) is 0.759. The van der Waals surface area contributed by atoms with Gasteiger partial charge in [0.05, 0.1) is 0 Å². The molecule has 2 aromatic rings. The van der Waals surface area contributed by atoms with Crippen molar-refractivity contribution < 1.29 is 19.2 Å². The van der Waals surface area contributed by atoms with Crippen molar-refractivity contribution in [1.29, 1.82) is 0 Å². The van der Waals surface area contributed by atoms with Crippen molar-refractivity contribution in [2.24, 2.45) is 0 Å². The van der Waals surface area contributed by atoms with Crippen molar-refractivity contribution in [3.8, 4) is 0 Å². The predicted octanol–water partition coefficient (Wildman–Crippen LogP) is 2.00. The Labute approximate surface area is 144 Å². The molecule has 7 heteroatoms. The molecule has 24 heavy (non-hydrogen) atoms. The molecule has 2 aromatic carbocycles. The topological polar surface area (TPSA) is 83.6 Å². The van der Waals surface area contributed by atoms with E-state index in [9.17, 15) is 19.2 Å². The number of hydrogen-bond acceptors (Lipinski definition) is 4. The van der Waals surface area contributed by atoms with Gasteiger partial charge in [-0.1, -0.05) is 28.1 Å². The fraction of sp³-hybridized carbons (Fsp3) is 0.176. The molecule has 4 rings (SSSR count). The first kappa shape index (κ1) is 15.0. The molecule has 0 bridgehead atoms. The third-order valence-electron chi connectivity index (χ3n) is 4.41. The van der Waals surface area contributed by atoms with Crippen LogP contribution in [0, 0.1) is 0 Å². The third kappa shape index (κ3) is 2.01. The summed E-state index contributed by atoms with van der Waals surface area (Å²) in [7, 11) is 0. The lowest BCUT2D eigenvalue weighted by Gasteiger charge is -2.34. The third-order valence-corrected chi connectivity index (χ3v) is 5.10. The van der Waals surface area contributed by atoms with Crippen LogP contribution < -0.4 is 5.32 Å². The second-order valence-corrected chi connectivity index (χ2v) is 6.62. The van der Waals surface area contributed by atoms with Crippen LogP contribution in [0.15, 0.2) is 34.8 Å². The monoisotopic (exact) mass is 386 g/mol. The Morgan fingerprint density at radius 3 is 2.42 bits per heavy atom. The van der Waals surface area contributed by atoms with Crippen LogP contribution in [-0.4, -0.2) is 34.6 Å². The predicted molar refractivity (Wildman–Crippen MR) is 88.3 cm³/mol. The van der Waals surface area contributed by atoms with E-state index in [1.165, 1.54) is 0 Å². The normalized spacial score (nSPS) is 20.5. The Hall–Kier alpha value is -2.54. The number of amides is 4. The highest BCUT2D eigenvalue weighted by molar-refractivity contribution is 9.10. The molecule has 1 unspecified atom stereocenters. The minimum Gasteiger partial charge on any atom is -0.295 e.